The second kappa shape index (κ2) is 11.9. The molecule has 2 aliphatic heterocycles. The highest BCUT2D eigenvalue weighted by atomic mass is 16.7. The van der Waals surface area contributed by atoms with Gasteiger partial charge >= 0.3 is 0 Å². The lowest BCUT2D eigenvalue weighted by atomic mass is 9.89. The van der Waals surface area contributed by atoms with E-state index in [0.29, 0.717) is 0 Å². The minimum absolute atomic E-state index is 0.0776. The smallest absolute Gasteiger partial charge is 0.229 e. The average Bonchev–Trinajstić information content (AvgIpc) is 2.98. The van der Waals surface area contributed by atoms with E-state index in [1.165, 1.54) is 6.07 Å². The molecule has 11 N–H and O–H groups in total. The maximum atomic E-state index is 13.3. The maximum Gasteiger partial charge on any atom is 0.229 e. The molecule has 16 nitrogen and oxygen atoms in total. The number of aliphatic hydroxyl groups excluding tert-OH is 8. The van der Waals surface area contributed by atoms with Crippen molar-refractivity contribution in [3.8, 4) is 34.3 Å². The molecule has 5 rings (SSSR count). The first-order valence-corrected chi connectivity index (χ1v) is 13.0. The minimum atomic E-state index is -1.96. The number of hydrogen-bond acceptors (Lipinski definition) is 16. The number of aromatic hydroxyl groups is 3. The van der Waals surface area contributed by atoms with Crippen LogP contribution >= 0.6 is 0 Å². The highest BCUT2D eigenvalue weighted by Crippen LogP contribution is 2.45. The van der Waals surface area contributed by atoms with Gasteiger partial charge in [0.2, 0.25) is 6.29 Å². The Balaban J connectivity index is 1.74. The summed E-state index contributed by atoms with van der Waals surface area (Å²) >= 11 is 0. The minimum Gasteiger partial charge on any atom is -0.507 e. The van der Waals surface area contributed by atoms with Gasteiger partial charge in [-0.3, -0.25) is 4.79 Å². The summed E-state index contributed by atoms with van der Waals surface area (Å²) in [5.41, 5.74) is -1.65. The van der Waals surface area contributed by atoms with Crippen LogP contribution in [0, 0.1) is 0 Å². The van der Waals surface area contributed by atoms with Gasteiger partial charge in [-0.05, 0) is 18.2 Å². The number of fused-ring (bicyclic) bond motifs is 1. The van der Waals surface area contributed by atoms with Crippen molar-refractivity contribution < 1.29 is 74.8 Å². The van der Waals surface area contributed by atoms with Crippen molar-refractivity contribution in [2.75, 3.05) is 13.2 Å². The van der Waals surface area contributed by atoms with Crippen LogP contribution in [-0.2, 0) is 9.47 Å². The Morgan fingerprint density at radius 2 is 1.33 bits per heavy atom. The number of hydrogen-bond donors (Lipinski definition) is 11. The Morgan fingerprint density at radius 3 is 1.95 bits per heavy atom. The van der Waals surface area contributed by atoms with Gasteiger partial charge in [-0.2, -0.15) is 0 Å². The van der Waals surface area contributed by atoms with E-state index in [2.05, 4.69) is 0 Å². The highest BCUT2D eigenvalue weighted by molar-refractivity contribution is 5.90. The lowest BCUT2D eigenvalue weighted by Gasteiger charge is -2.42. The first-order chi connectivity index (χ1) is 20.4. The Morgan fingerprint density at radius 1 is 0.698 bits per heavy atom. The van der Waals surface area contributed by atoms with Crippen LogP contribution < -0.4 is 10.2 Å². The lowest BCUT2D eigenvalue weighted by molar-refractivity contribution is -0.278. The molecule has 0 spiro atoms. The summed E-state index contributed by atoms with van der Waals surface area (Å²) in [5.74, 6) is -2.49. The van der Waals surface area contributed by atoms with Crippen molar-refractivity contribution in [2.24, 2.45) is 0 Å². The molecule has 3 heterocycles. The molecule has 0 saturated carbocycles. The zero-order chi connectivity index (χ0) is 31.3. The molecule has 0 aliphatic carbocycles. The average molecular weight is 611 g/mol. The topological polar surface area (TPSA) is 280 Å². The molecule has 1 aromatic heterocycles. The summed E-state index contributed by atoms with van der Waals surface area (Å²) in [4.78, 5) is 13.3. The molecule has 3 aromatic rings. The van der Waals surface area contributed by atoms with Crippen LogP contribution in [-0.4, -0.2) is 125 Å². The molecule has 43 heavy (non-hydrogen) atoms. The van der Waals surface area contributed by atoms with E-state index in [4.69, 9.17) is 18.6 Å². The van der Waals surface area contributed by atoms with Gasteiger partial charge in [-0.25, -0.2) is 0 Å². The van der Waals surface area contributed by atoms with Crippen LogP contribution in [0.15, 0.2) is 39.5 Å². The Labute approximate surface area is 241 Å². The van der Waals surface area contributed by atoms with E-state index >= 15 is 0 Å². The largest absolute Gasteiger partial charge is 0.507 e. The summed E-state index contributed by atoms with van der Waals surface area (Å²) in [7, 11) is 0. The van der Waals surface area contributed by atoms with Gasteiger partial charge in [0.05, 0.1) is 18.8 Å². The summed E-state index contributed by atoms with van der Waals surface area (Å²) in [6, 6.07) is 5.30. The van der Waals surface area contributed by atoms with Gasteiger partial charge in [-0.15, -0.1) is 0 Å². The number of phenolic OH excluding ortho intramolecular Hbond substituents is 3. The third kappa shape index (κ3) is 5.38. The molecule has 0 amide bonds. The maximum absolute atomic E-state index is 13.3. The van der Waals surface area contributed by atoms with Crippen LogP contribution in [0.1, 0.15) is 11.7 Å². The molecule has 16 heteroatoms. The quantitative estimate of drug-likeness (QED) is 0.126. The molecule has 2 aromatic carbocycles. The summed E-state index contributed by atoms with van der Waals surface area (Å²) in [5, 5.41) is 112. The predicted octanol–water partition coefficient (Wildman–Crippen LogP) is -2.73. The lowest BCUT2D eigenvalue weighted by Crippen LogP contribution is -2.60. The van der Waals surface area contributed by atoms with Crippen LogP contribution in [0.25, 0.3) is 22.3 Å². The van der Waals surface area contributed by atoms with Crippen molar-refractivity contribution in [3.05, 3.63) is 46.1 Å². The van der Waals surface area contributed by atoms with E-state index in [1.54, 1.807) is 0 Å². The molecule has 2 fully saturated rings. The molecule has 0 unspecified atom stereocenters. The van der Waals surface area contributed by atoms with Gasteiger partial charge < -0.3 is 74.8 Å². The molecular formula is C27H30O16. The molecule has 0 bridgehead atoms. The first-order valence-electron chi connectivity index (χ1n) is 13.0. The summed E-state index contributed by atoms with van der Waals surface area (Å²) in [6.07, 6.45) is -17.6. The molecule has 10 atom stereocenters. The second-order valence-corrected chi connectivity index (χ2v) is 10.3. The van der Waals surface area contributed by atoms with Gasteiger partial charge in [0.15, 0.2) is 22.5 Å². The fraction of sp³-hybridized carbons (Fsp3) is 0.444. The van der Waals surface area contributed by atoms with Gasteiger partial charge in [0.25, 0.3) is 0 Å². The van der Waals surface area contributed by atoms with Gasteiger partial charge in [-0.1, -0.05) is 0 Å². The van der Waals surface area contributed by atoms with Crippen molar-refractivity contribution in [1.29, 1.82) is 0 Å². The summed E-state index contributed by atoms with van der Waals surface area (Å²) in [6.45, 7) is -1.63. The van der Waals surface area contributed by atoms with Crippen LogP contribution in [0.3, 0.4) is 0 Å². The molecule has 234 valence electrons. The van der Waals surface area contributed by atoms with Gasteiger partial charge in [0.1, 0.15) is 77.6 Å². The van der Waals surface area contributed by atoms with Crippen molar-refractivity contribution in [1.82, 2.24) is 0 Å². The second-order valence-electron chi connectivity index (χ2n) is 10.3. The van der Waals surface area contributed by atoms with E-state index in [1.807, 2.05) is 0 Å². The molecule has 2 aliphatic rings. The third-order valence-corrected chi connectivity index (χ3v) is 7.51. The molecule has 2 saturated heterocycles. The van der Waals surface area contributed by atoms with E-state index < -0.39 is 114 Å². The van der Waals surface area contributed by atoms with Crippen LogP contribution in [0.4, 0.5) is 0 Å². The van der Waals surface area contributed by atoms with Crippen molar-refractivity contribution >= 4 is 11.0 Å². The first kappa shape index (κ1) is 30.9. The van der Waals surface area contributed by atoms with Crippen LogP contribution in [0.2, 0.25) is 0 Å². The SMILES string of the molecule is O=c1cc(-c2ccc(O)c(O)c2)oc2c([C@@H]3O[C@H](CO)[C@@H](O)[C@H](O)[C@H]3O)c(O[C@@H]3O[C@@H](CO)[C@@H](O)[C@H](O)[C@@H]3O)cc(O)c12. The van der Waals surface area contributed by atoms with Crippen LogP contribution in [0.5, 0.6) is 23.0 Å². The third-order valence-electron chi connectivity index (χ3n) is 7.51. The standard InChI is InChI=1S/C27H30O16/c28-6-15-19(34)21(36)23(38)26(41-15)18-14(42-27-24(39)22(37)20(35)16(7-29)43-27)5-12(33)17-11(32)4-13(40-25(17)18)8-1-2-9(30)10(31)3-8/h1-5,15-16,19-24,26-31,33-39H,6-7H2/t15-,16+,19-,20-,21+,22+,23-,24+,26+,27-/m1/s1. The van der Waals surface area contributed by atoms with E-state index in [-0.39, 0.29) is 16.9 Å². The molecular weight excluding hydrogens is 580 g/mol. The number of aliphatic hydroxyl groups is 8. The zero-order valence-electron chi connectivity index (χ0n) is 22.0. The number of rotatable bonds is 6. The predicted molar refractivity (Wildman–Crippen MR) is 140 cm³/mol. The summed E-state index contributed by atoms with van der Waals surface area (Å²) < 4.78 is 22.8. The normalized spacial score (nSPS) is 33.0. The Hall–Kier alpha value is -3.55. The van der Waals surface area contributed by atoms with E-state index in [9.17, 15) is 61.0 Å². The fourth-order valence-electron chi connectivity index (χ4n) is 5.13. The zero-order valence-corrected chi connectivity index (χ0v) is 22.0. The van der Waals surface area contributed by atoms with E-state index in [0.717, 1.165) is 24.3 Å². The Kier molecular flexibility index (Phi) is 8.52. The van der Waals surface area contributed by atoms with Crippen molar-refractivity contribution in [2.45, 2.75) is 61.2 Å². The molecule has 0 radical (unpaired) electrons. The van der Waals surface area contributed by atoms with Crippen molar-refractivity contribution in [3.63, 3.8) is 0 Å². The number of benzene rings is 2. The highest BCUT2D eigenvalue weighted by Gasteiger charge is 2.48. The number of ether oxygens (including phenoxy) is 3. The fourth-order valence-corrected chi connectivity index (χ4v) is 5.13. The number of phenols is 3. The Bertz CT molecular complexity index is 1540. The monoisotopic (exact) mass is 610 g/mol. The van der Waals surface area contributed by atoms with Gasteiger partial charge in [0, 0.05) is 17.7 Å².